The number of anilines is 1. The summed E-state index contributed by atoms with van der Waals surface area (Å²) in [5, 5.41) is 6.86. The van der Waals surface area contributed by atoms with Crippen molar-refractivity contribution in [3.05, 3.63) is 59.9 Å². The molecule has 0 unspecified atom stereocenters. The second kappa shape index (κ2) is 9.43. The number of carbonyl (C=O) groups is 1. The molecule has 3 aromatic rings. The second-order valence-corrected chi connectivity index (χ2v) is 8.76. The minimum atomic E-state index is -4.61. The number of hydrogen-bond donors (Lipinski definition) is 1. The van der Waals surface area contributed by atoms with E-state index in [4.69, 9.17) is 0 Å². The van der Waals surface area contributed by atoms with E-state index in [0.717, 1.165) is 4.90 Å². The molecule has 1 aromatic carbocycles. The predicted molar refractivity (Wildman–Crippen MR) is 118 cm³/mol. The minimum absolute atomic E-state index is 0.0959. The smallest absolute Gasteiger partial charge is 0.352 e. The number of aryl methyl sites for hydroxylation is 1. The highest BCUT2D eigenvalue weighted by molar-refractivity contribution is 5.99. The molecular formula is C23H22F6N6O. The molecule has 0 bridgehead atoms. The Bertz CT molecular complexity index is 1240. The number of carbonyl (C=O) groups excluding carboxylic acids is 1. The first-order valence-corrected chi connectivity index (χ1v) is 11.0. The first-order chi connectivity index (χ1) is 16.9. The van der Waals surface area contributed by atoms with E-state index in [0.29, 0.717) is 12.4 Å². The zero-order valence-corrected chi connectivity index (χ0v) is 19.2. The van der Waals surface area contributed by atoms with Crippen molar-refractivity contribution in [1.29, 1.82) is 0 Å². The third-order valence-electron chi connectivity index (χ3n) is 5.98. The highest BCUT2D eigenvalue weighted by Crippen LogP contribution is 2.36. The van der Waals surface area contributed by atoms with Gasteiger partial charge in [-0.25, -0.2) is 23.1 Å². The van der Waals surface area contributed by atoms with Gasteiger partial charge in [0.2, 0.25) is 5.95 Å². The van der Waals surface area contributed by atoms with Gasteiger partial charge in [0.15, 0.2) is 5.69 Å². The number of nitrogens with zero attached hydrogens (tertiary/aromatic N) is 5. The number of aromatic nitrogens is 4. The Morgan fingerprint density at radius 2 is 1.83 bits per heavy atom. The average molecular weight is 512 g/mol. The Labute approximate surface area is 202 Å². The molecule has 0 aliphatic carbocycles. The van der Waals surface area contributed by atoms with E-state index in [9.17, 15) is 31.1 Å². The molecule has 0 saturated carbocycles. The second-order valence-electron chi connectivity index (χ2n) is 8.76. The fourth-order valence-corrected chi connectivity index (χ4v) is 4.30. The molecule has 192 valence electrons. The fraction of sp³-hybridized carbons (Fsp3) is 0.391. The molecule has 1 saturated heterocycles. The lowest BCUT2D eigenvalue weighted by Crippen LogP contribution is -2.57. The maximum absolute atomic E-state index is 14.5. The van der Waals surface area contributed by atoms with Crippen LogP contribution in [0.2, 0.25) is 0 Å². The van der Waals surface area contributed by atoms with Crippen LogP contribution in [0.1, 0.15) is 29.4 Å². The lowest BCUT2D eigenvalue weighted by molar-refractivity contribution is -0.138. The SMILES string of the molecule is C[C@@H]1CC(F)(F)CN(C(=O)c2nn(C)cc2-c2ccccc2F)[C@@H]1CNc1ncc(C(F)(F)F)cn1. The van der Waals surface area contributed by atoms with Gasteiger partial charge in [-0.2, -0.15) is 18.3 Å². The third kappa shape index (κ3) is 5.29. The molecule has 4 rings (SSSR count). The van der Waals surface area contributed by atoms with Crippen LogP contribution in [-0.4, -0.2) is 55.6 Å². The number of benzene rings is 1. The van der Waals surface area contributed by atoms with Crippen LogP contribution in [0.3, 0.4) is 0 Å². The van der Waals surface area contributed by atoms with Crippen LogP contribution in [-0.2, 0) is 13.2 Å². The summed E-state index contributed by atoms with van der Waals surface area (Å²) < 4.78 is 83.1. The molecule has 0 radical (unpaired) electrons. The van der Waals surface area contributed by atoms with Crippen LogP contribution in [0.5, 0.6) is 0 Å². The first kappa shape index (κ1) is 25.5. The third-order valence-corrected chi connectivity index (χ3v) is 5.98. The Morgan fingerprint density at radius 1 is 1.17 bits per heavy atom. The van der Waals surface area contributed by atoms with Gasteiger partial charge in [-0.3, -0.25) is 9.48 Å². The van der Waals surface area contributed by atoms with Gasteiger partial charge >= 0.3 is 6.18 Å². The molecule has 3 heterocycles. The van der Waals surface area contributed by atoms with Gasteiger partial charge in [0.25, 0.3) is 11.8 Å². The van der Waals surface area contributed by atoms with Crippen molar-refractivity contribution in [3.8, 4) is 11.1 Å². The van der Waals surface area contributed by atoms with Crippen LogP contribution in [0.25, 0.3) is 11.1 Å². The quantitative estimate of drug-likeness (QED) is 0.505. The van der Waals surface area contributed by atoms with Crippen molar-refractivity contribution in [3.63, 3.8) is 0 Å². The van der Waals surface area contributed by atoms with Gasteiger partial charge in [-0.05, 0) is 12.0 Å². The van der Waals surface area contributed by atoms with Crippen LogP contribution in [0.15, 0.2) is 42.9 Å². The maximum Gasteiger partial charge on any atom is 0.419 e. The van der Waals surface area contributed by atoms with Gasteiger partial charge in [-0.1, -0.05) is 25.1 Å². The molecule has 2 aromatic heterocycles. The van der Waals surface area contributed by atoms with Crippen molar-refractivity contribution in [2.75, 3.05) is 18.4 Å². The first-order valence-electron chi connectivity index (χ1n) is 11.0. The molecule has 1 N–H and O–H groups in total. The van der Waals surface area contributed by atoms with Gasteiger partial charge < -0.3 is 10.2 Å². The number of halogens is 6. The van der Waals surface area contributed by atoms with Crippen LogP contribution in [0, 0.1) is 11.7 Å². The molecule has 1 amide bonds. The lowest BCUT2D eigenvalue weighted by atomic mass is 9.88. The van der Waals surface area contributed by atoms with Crippen molar-refractivity contribution >= 4 is 11.9 Å². The Balaban J connectivity index is 1.62. The van der Waals surface area contributed by atoms with Gasteiger partial charge in [-0.15, -0.1) is 0 Å². The number of alkyl halides is 5. The summed E-state index contributed by atoms with van der Waals surface area (Å²) in [5.74, 6) is -5.44. The number of nitrogens with one attached hydrogen (secondary N) is 1. The summed E-state index contributed by atoms with van der Waals surface area (Å²) in [6.07, 6.45) is -2.47. The van der Waals surface area contributed by atoms with E-state index in [1.165, 1.54) is 36.1 Å². The van der Waals surface area contributed by atoms with Gasteiger partial charge in [0.1, 0.15) is 5.82 Å². The number of hydrogen-bond acceptors (Lipinski definition) is 5. The predicted octanol–water partition coefficient (Wildman–Crippen LogP) is 4.63. The number of piperidine rings is 1. The Kier molecular flexibility index (Phi) is 6.67. The van der Waals surface area contributed by atoms with Crippen molar-refractivity contribution in [2.24, 2.45) is 13.0 Å². The van der Waals surface area contributed by atoms with Crippen LogP contribution in [0.4, 0.5) is 32.3 Å². The Hall–Kier alpha value is -3.64. The standard InChI is InChI=1S/C23H22F6N6O/c1-13-7-22(25,26)12-35(18(13)10-32-21-30-8-14(9-31-21)23(27,28)29)20(36)19-16(11-34(2)33-19)15-5-3-4-6-17(15)24/h3-6,8-9,11,13,18H,7,10,12H2,1-2H3,(H,30,31,32)/t13-,18-/m1/s1. The topological polar surface area (TPSA) is 75.9 Å². The van der Waals surface area contributed by atoms with Crippen molar-refractivity contribution in [1.82, 2.24) is 24.6 Å². The maximum atomic E-state index is 14.5. The van der Waals surface area contributed by atoms with E-state index < -0.39 is 54.3 Å². The summed E-state index contributed by atoms with van der Waals surface area (Å²) in [5.41, 5.74) is -0.979. The highest BCUT2D eigenvalue weighted by Gasteiger charge is 2.47. The number of amides is 1. The van der Waals surface area contributed by atoms with Gasteiger partial charge in [0, 0.05) is 49.7 Å². The zero-order valence-electron chi connectivity index (χ0n) is 19.2. The van der Waals surface area contributed by atoms with E-state index in [2.05, 4.69) is 20.4 Å². The molecular weight excluding hydrogens is 490 g/mol. The normalized spacial score (nSPS) is 19.8. The number of rotatable bonds is 5. The highest BCUT2D eigenvalue weighted by atomic mass is 19.4. The fourth-order valence-electron chi connectivity index (χ4n) is 4.30. The summed E-state index contributed by atoms with van der Waals surface area (Å²) >= 11 is 0. The van der Waals surface area contributed by atoms with Crippen LogP contribution < -0.4 is 5.32 Å². The molecule has 2 atom stereocenters. The molecule has 0 spiro atoms. The summed E-state index contributed by atoms with van der Waals surface area (Å²) in [4.78, 5) is 21.8. The zero-order chi connectivity index (χ0) is 26.3. The molecule has 1 aliphatic heterocycles. The van der Waals surface area contributed by atoms with E-state index in [1.807, 2.05) is 0 Å². The molecule has 36 heavy (non-hydrogen) atoms. The molecule has 1 aliphatic rings. The Morgan fingerprint density at radius 3 is 2.47 bits per heavy atom. The minimum Gasteiger partial charge on any atom is -0.352 e. The van der Waals surface area contributed by atoms with E-state index >= 15 is 0 Å². The van der Waals surface area contributed by atoms with E-state index in [1.54, 1.807) is 13.0 Å². The van der Waals surface area contributed by atoms with Crippen LogP contribution >= 0.6 is 0 Å². The monoisotopic (exact) mass is 512 g/mol. The molecule has 1 fully saturated rings. The average Bonchev–Trinajstić information content (AvgIpc) is 3.18. The molecule has 7 nitrogen and oxygen atoms in total. The van der Waals surface area contributed by atoms with E-state index in [-0.39, 0.29) is 29.3 Å². The summed E-state index contributed by atoms with van der Waals surface area (Å²) in [6.45, 7) is 0.545. The summed E-state index contributed by atoms with van der Waals surface area (Å²) in [7, 11) is 1.52. The van der Waals surface area contributed by atoms with Crippen molar-refractivity contribution in [2.45, 2.75) is 31.5 Å². The summed E-state index contributed by atoms with van der Waals surface area (Å²) in [6, 6.07) is 4.93. The lowest BCUT2D eigenvalue weighted by Gasteiger charge is -2.43. The van der Waals surface area contributed by atoms with Crippen molar-refractivity contribution < 1.29 is 31.1 Å². The largest absolute Gasteiger partial charge is 0.419 e. The van der Waals surface area contributed by atoms with Gasteiger partial charge in [0.05, 0.1) is 18.2 Å². The molecule has 13 heteroatoms. The number of likely N-dealkylation sites (tertiary alicyclic amines) is 1.